The first-order valence-electron chi connectivity index (χ1n) is 10.8. The topological polar surface area (TPSA) is 54.5 Å². The van der Waals surface area contributed by atoms with Gasteiger partial charge in [0.15, 0.2) is 0 Å². The molecule has 0 unspecified atom stereocenters. The molecule has 1 fully saturated rings. The van der Waals surface area contributed by atoms with Gasteiger partial charge < -0.3 is 9.32 Å². The second-order valence-electron chi connectivity index (χ2n) is 8.24. The number of piperazine rings is 1. The van der Waals surface area contributed by atoms with E-state index in [1.165, 1.54) is 11.1 Å². The second kappa shape index (κ2) is 9.35. The first kappa shape index (κ1) is 21.1. The van der Waals surface area contributed by atoms with E-state index in [1.807, 2.05) is 34.7 Å². The molecule has 162 valence electrons. The monoisotopic (exact) mass is 418 g/mol. The number of carbonyl (C=O) groups excluding carboxylic acids is 1. The standard InChI is InChI=1S/C25H30N4O2/c1-19-6-8-22(9-7-19)17-29-21(3)24(20(2)26-29)10-11-25(30)28-14-12-27(13-15-28)18-23-5-4-16-31-23/h4-11,16H,12-15,17-18H2,1-3H3/b11-10+. The van der Waals surface area contributed by atoms with Gasteiger partial charge in [-0.3, -0.25) is 14.4 Å². The zero-order valence-electron chi connectivity index (χ0n) is 18.5. The highest BCUT2D eigenvalue weighted by molar-refractivity contribution is 5.92. The van der Waals surface area contributed by atoms with E-state index in [-0.39, 0.29) is 5.91 Å². The predicted octanol–water partition coefficient (Wildman–Crippen LogP) is 3.81. The van der Waals surface area contributed by atoms with E-state index in [0.717, 1.165) is 62.0 Å². The molecular formula is C25H30N4O2. The molecule has 31 heavy (non-hydrogen) atoms. The number of aryl methyl sites for hydroxylation is 2. The summed E-state index contributed by atoms with van der Waals surface area (Å²) in [5, 5.41) is 4.69. The molecule has 0 spiro atoms. The fraction of sp³-hybridized carbons (Fsp3) is 0.360. The lowest BCUT2D eigenvalue weighted by molar-refractivity contribution is -0.127. The van der Waals surface area contributed by atoms with Gasteiger partial charge in [0, 0.05) is 43.5 Å². The van der Waals surface area contributed by atoms with Crippen LogP contribution in [0.15, 0.2) is 53.2 Å². The summed E-state index contributed by atoms with van der Waals surface area (Å²) in [6.45, 7) is 10.8. The molecule has 2 aromatic heterocycles. The van der Waals surface area contributed by atoms with E-state index in [1.54, 1.807) is 12.3 Å². The van der Waals surface area contributed by atoms with Crippen LogP contribution in [-0.4, -0.2) is 51.7 Å². The van der Waals surface area contributed by atoms with E-state index >= 15 is 0 Å². The van der Waals surface area contributed by atoms with Crippen molar-refractivity contribution in [2.45, 2.75) is 33.9 Å². The van der Waals surface area contributed by atoms with Gasteiger partial charge in [-0.15, -0.1) is 0 Å². The first-order chi connectivity index (χ1) is 15.0. The Kier molecular flexibility index (Phi) is 6.37. The van der Waals surface area contributed by atoms with Gasteiger partial charge in [0.1, 0.15) is 5.76 Å². The zero-order valence-corrected chi connectivity index (χ0v) is 18.5. The summed E-state index contributed by atoms with van der Waals surface area (Å²) in [4.78, 5) is 17.0. The van der Waals surface area contributed by atoms with Gasteiger partial charge in [0.05, 0.1) is 25.0 Å². The summed E-state index contributed by atoms with van der Waals surface area (Å²) >= 11 is 0. The van der Waals surface area contributed by atoms with E-state index < -0.39 is 0 Å². The average molecular weight is 419 g/mol. The molecule has 0 aliphatic carbocycles. The molecule has 6 heteroatoms. The Morgan fingerprint density at radius 1 is 1.03 bits per heavy atom. The van der Waals surface area contributed by atoms with Crippen molar-refractivity contribution in [2.24, 2.45) is 0 Å². The Balaban J connectivity index is 1.35. The molecule has 1 aliphatic heterocycles. The first-order valence-corrected chi connectivity index (χ1v) is 10.8. The lowest BCUT2D eigenvalue weighted by Crippen LogP contribution is -2.47. The quantitative estimate of drug-likeness (QED) is 0.572. The Morgan fingerprint density at radius 3 is 2.45 bits per heavy atom. The van der Waals surface area contributed by atoms with Gasteiger partial charge in [-0.25, -0.2) is 0 Å². The van der Waals surface area contributed by atoms with Crippen LogP contribution in [0, 0.1) is 20.8 Å². The highest BCUT2D eigenvalue weighted by atomic mass is 16.3. The van der Waals surface area contributed by atoms with Crippen LogP contribution in [-0.2, 0) is 17.9 Å². The number of amides is 1. The summed E-state index contributed by atoms with van der Waals surface area (Å²) in [5.74, 6) is 1.02. The minimum atomic E-state index is 0.0581. The van der Waals surface area contributed by atoms with Crippen LogP contribution in [0.25, 0.3) is 6.08 Å². The van der Waals surface area contributed by atoms with Crippen LogP contribution < -0.4 is 0 Å². The van der Waals surface area contributed by atoms with Gasteiger partial charge in [-0.1, -0.05) is 29.8 Å². The van der Waals surface area contributed by atoms with E-state index in [2.05, 4.69) is 48.1 Å². The lowest BCUT2D eigenvalue weighted by Gasteiger charge is -2.33. The number of benzene rings is 1. The number of furan rings is 1. The predicted molar refractivity (Wildman–Crippen MR) is 122 cm³/mol. The average Bonchev–Trinajstić information content (AvgIpc) is 3.37. The van der Waals surface area contributed by atoms with Gasteiger partial charge in [-0.2, -0.15) is 5.10 Å². The smallest absolute Gasteiger partial charge is 0.246 e. The van der Waals surface area contributed by atoms with Crippen molar-refractivity contribution < 1.29 is 9.21 Å². The van der Waals surface area contributed by atoms with E-state index in [0.29, 0.717) is 0 Å². The Hall–Kier alpha value is -3.12. The Bertz CT molecular complexity index is 1040. The molecule has 1 aromatic carbocycles. The number of aromatic nitrogens is 2. The number of rotatable bonds is 6. The maximum atomic E-state index is 12.7. The van der Waals surface area contributed by atoms with Crippen LogP contribution in [0.5, 0.6) is 0 Å². The fourth-order valence-corrected chi connectivity index (χ4v) is 3.98. The molecule has 3 heterocycles. The maximum Gasteiger partial charge on any atom is 0.246 e. The number of hydrogen-bond acceptors (Lipinski definition) is 4. The van der Waals surface area contributed by atoms with Crippen molar-refractivity contribution in [3.05, 3.63) is 82.6 Å². The molecule has 1 aliphatic rings. The van der Waals surface area contributed by atoms with Crippen LogP contribution >= 0.6 is 0 Å². The molecule has 0 bridgehead atoms. The zero-order chi connectivity index (χ0) is 21.8. The minimum Gasteiger partial charge on any atom is -0.468 e. The summed E-state index contributed by atoms with van der Waals surface area (Å²) in [6.07, 6.45) is 5.31. The van der Waals surface area contributed by atoms with Crippen molar-refractivity contribution in [3.8, 4) is 0 Å². The molecule has 0 N–H and O–H groups in total. The molecule has 1 saturated heterocycles. The fourth-order valence-electron chi connectivity index (χ4n) is 3.98. The molecule has 3 aromatic rings. The molecular weight excluding hydrogens is 388 g/mol. The largest absolute Gasteiger partial charge is 0.468 e. The van der Waals surface area contributed by atoms with Gasteiger partial charge >= 0.3 is 0 Å². The minimum absolute atomic E-state index is 0.0581. The Labute approximate surface area is 183 Å². The summed E-state index contributed by atoms with van der Waals surface area (Å²) in [5.41, 5.74) is 5.51. The molecule has 6 nitrogen and oxygen atoms in total. The van der Waals surface area contributed by atoms with Gasteiger partial charge in [0.25, 0.3) is 0 Å². The highest BCUT2D eigenvalue weighted by Crippen LogP contribution is 2.17. The molecule has 1 amide bonds. The number of nitrogens with zero attached hydrogens (tertiary/aromatic N) is 4. The van der Waals surface area contributed by atoms with Crippen molar-refractivity contribution in [3.63, 3.8) is 0 Å². The number of hydrogen-bond donors (Lipinski definition) is 0. The summed E-state index contributed by atoms with van der Waals surface area (Å²) in [7, 11) is 0. The van der Waals surface area contributed by atoms with Crippen molar-refractivity contribution in [2.75, 3.05) is 26.2 Å². The van der Waals surface area contributed by atoms with Crippen molar-refractivity contribution >= 4 is 12.0 Å². The lowest BCUT2D eigenvalue weighted by atomic mass is 10.1. The van der Waals surface area contributed by atoms with Crippen LogP contribution in [0.4, 0.5) is 0 Å². The maximum absolute atomic E-state index is 12.7. The van der Waals surface area contributed by atoms with E-state index in [9.17, 15) is 4.79 Å². The van der Waals surface area contributed by atoms with Crippen molar-refractivity contribution in [1.29, 1.82) is 0 Å². The van der Waals surface area contributed by atoms with Gasteiger partial charge in [0.2, 0.25) is 5.91 Å². The third-order valence-corrected chi connectivity index (χ3v) is 5.93. The van der Waals surface area contributed by atoms with Crippen molar-refractivity contribution in [1.82, 2.24) is 19.6 Å². The molecule has 0 radical (unpaired) electrons. The normalized spacial score (nSPS) is 15.1. The summed E-state index contributed by atoms with van der Waals surface area (Å²) in [6, 6.07) is 12.4. The SMILES string of the molecule is Cc1ccc(Cn2nc(C)c(/C=C/C(=O)N3CCN(Cc4ccco4)CC3)c2C)cc1. The number of carbonyl (C=O) groups is 1. The molecule has 0 atom stereocenters. The second-order valence-corrected chi connectivity index (χ2v) is 8.24. The third kappa shape index (κ3) is 5.14. The van der Waals surface area contributed by atoms with Crippen LogP contribution in [0.2, 0.25) is 0 Å². The van der Waals surface area contributed by atoms with E-state index in [4.69, 9.17) is 4.42 Å². The Morgan fingerprint density at radius 2 is 1.77 bits per heavy atom. The van der Waals surface area contributed by atoms with Crippen LogP contribution in [0.1, 0.15) is 33.8 Å². The molecule has 4 rings (SSSR count). The third-order valence-electron chi connectivity index (χ3n) is 5.93. The highest BCUT2D eigenvalue weighted by Gasteiger charge is 2.20. The molecule has 0 saturated carbocycles. The van der Waals surface area contributed by atoms with Gasteiger partial charge in [-0.05, 0) is 44.5 Å². The summed E-state index contributed by atoms with van der Waals surface area (Å²) < 4.78 is 7.44. The van der Waals surface area contributed by atoms with Crippen LogP contribution in [0.3, 0.4) is 0 Å².